The Morgan fingerprint density at radius 3 is 1.13 bits per heavy atom. The number of fused-ring (bicyclic) bond motifs is 10. The number of nitriles is 2. The average molecular weight is 695 g/mol. The third kappa shape index (κ3) is 3.78. The summed E-state index contributed by atoms with van der Waals surface area (Å²) in [5.41, 5.74) is 8.09. The second kappa shape index (κ2) is 10.9. The van der Waals surface area contributed by atoms with Crippen LogP contribution in [0.5, 0.6) is 0 Å². The molecule has 5 aromatic carbocycles. The zero-order valence-electron chi connectivity index (χ0n) is 29.4. The van der Waals surface area contributed by atoms with Gasteiger partial charge in [-0.3, -0.25) is 18.3 Å². The Hall–Kier alpha value is -7.68. The van der Waals surface area contributed by atoms with Gasteiger partial charge in [-0.2, -0.15) is 10.5 Å². The van der Waals surface area contributed by atoms with Crippen LogP contribution in [0.25, 0.3) is 88.7 Å². The van der Waals surface area contributed by atoms with Crippen molar-refractivity contribution in [2.75, 3.05) is 0 Å². The van der Waals surface area contributed by atoms with Crippen molar-refractivity contribution in [3.63, 3.8) is 0 Å². The van der Waals surface area contributed by atoms with Crippen LogP contribution in [-0.4, -0.2) is 27.4 Å². The molecule has 0 saturated carbocycles. The molecule has 0 radical (unpaired) electrons. The molecule has 0 saturated heterocycles. The van der Waals surface area contributed by atoms with Crippen LogP contribution in [0.4, 0.5) is 0 Å². The number of para-hydroxylation sites is 4. The molecule has 0 aliphatic heterocycles. The molecule has 0 unspecified atom stereocenters. The van der Waals surface area contributed by atoms with Crippen molar-refractivity contribution in [3.05, 3.63) is 157 Å². The van der Waals surface area contributed by atoms with Crippen molar-refractivity contribution in [2.45, 2.75) is 0 Å². The molecule has 11 aromatic rings. The Kier molecular flexibility index (Phi) is 6.06. The van der Waals surface area contributed by atoms with Gasteiger partial charge >= 0.3 is 0 Å². The van der Waals surface area contributed by atoms with Gasteiger partial charge in [0, 0.05) is 58.8 Å². The molecule has 8 heteroatoms. The maximum Gasteiger partial charge on any atom is 0.132 e. The van der Waals surface area contributed by atoms with Gasteiger partial charge in [0.1, 0.15) is 34.6 Å². The van der Waals surface area contributed by atoms with Crippen molar-refractivity contribution in [3.8, 4) is 35.1 Å². The Balaban J connectivity index is 1.36. The number of hydrogen-bond donors (Lipinski definition) is 0. The molecule has 6 aromatic heterocycles. The molecule has 0 aliphatic carbocycles. The molecular formula is C46H30N8. The van der Waals surface area contributed by atoms with E-state index in [1.807, 2.05) is 62.9 Å². The van der Waals surface area contributed by atoms with Gasteiger partial charge in [-0.05, 0) is 60.7 Å². The normalized spacial score (nSPS) is 11.9. The average Bonchev–Trinajstić information content (AvgIpc) is 4.05. The molecule has 0 spiro atoms. The van der Waals surface area contributed by atoms with E-state index in [9.17, 15) is 10.5 Å². The van der Waals surface area contributed by atoms with Crippen LogP contribution < -0.4 is 0 Å². The predicted octanol–water partition coefficient (Wildman–Crippen LogP) is 10.2. The minimum Gasteiger partial charge on any atom is -0.337 e. The smallest absolute Gasteiger partial charge is 0.132 e. The summed E-state index contributed by atoms with van der Waals surface area (Å²) >= 11 is 0. The topological polar surface area (TPSA) is 77.2 Å². The largest absolute Gasteiger partial charge is 0.337 e. The number of rotatable bonds is 4. The summed E-state index contributed by atoms with van der Waals surface area (Å²) in [6.45, 7) is 0. The summed E-state index contributed by atoms with van der Waals surface area (Å²) in [5.74, 6) is 1.98. The number of nitrogens with zero attached hydrogens (tertiary/aromatic N) is 8. The van der Waals surface area contributed by atoms with E-state index in [-0.39, 0.29) is 0 Å². The monoisotopic (exact) mass is 694 g/mol. The highest BCUT2D eigenvalue weighted by Crippen LogP contribution is 2.44. The van der Waals surface area contributed by atoms with E-state index in [1.54, 1.807) is 0 Å². The van der Waals surface area contributed by atoms with Crippen LogP contribution in [0.3, 0.4) is 0 Å². The fourth-order valence-corrected chi connectivity index (χ4v) is 8.86. The summed E-state index contributed by atoms with van der Waals surface area (Å²) in [6, 6.07) is 50.8. The number of aryl methyl sites for hydroxylation is 2. The molecule has 0 N–H and O–H groups in total. The quantitative estimate of drug-likeness (QED) is 0.184. The number of hydrogen-bond acceptors (Lipinski definition) is 2. The first-order valence-corrected chi connectivity index (χ1v) is 17.9. The highest BCUT2D eigenvalue weighted by Gasteiger charge is 2.28. The Labute approximate surface area is 309 Å². The molecule has 0 atom stereocenters. The lowest BCUT2D eigenvalue weighted by Crippen LogP contribution is -2.10. The zero-order chi connectivity index (χ0) is 36.2. The lowest BCUT2D eigenvalue weighted by molar-refractivity contribution is 0.860. The van der Waals surface area contributed by atoms with Gasteiger partial charge < -0.3 is 9.13 Å². The van der Waals surface area contributed by atoms with E-state index in [0.717, 1.165) is 77.3 Å². The first kappa shape index (κ1) is 30.0. The lowest BCUT2D eigenvalue weighted by atomic mass is 10.1. The van der Waals surface area contributed by atoms with E-state index in [4.69, 9.17) is 0 Å². The van der Waals surface area contributed by atoms with Gasteiger partial charge in [0.25, 0.3) is 0 Å². The zero-order valence-corrected chi connectivity index (χ0v) is 29.4. The third-order valence-corrected chi connectivity index (χ3v) is 11.1. The molecule has 0 bridgehead atoms. The minimum absolute atomic E-state index is 0.457. The summed E-state index contributed by atoms with van der Waals surface area (Å²) in [6.07, 6.45) is 4.10. The van der Waals surface area contributed by atoms with E-state index < -0.39 is 0 Å². The standard InChI is InChI=1S/C46H30N8/c1-49-23-11-21-41(49)53-37-19-9-5-15-32(37)43-30-13-3-7-17-35(30)51(45(43)53)39-25-29(27-47)26-40(34(39)28-48)52-36-18-8-4-14-31(36)44-33-16-6-10-20-38(33)54(46(44)52)42-22-12-24-50(42)2/h3-26H,1-2H3. The van der Waals surface area contributed by atoms with Gasteiger partial charge in [0.15, 0.2) is 0 Å². The SMILES string of the molecule is Cn1cccc1-n1c2ccccc2c2c3ccccc3n(-c3cc(C#N)cc(-n4c5ccccc5c5c6ccccc6n(-c6cccn6C)c54)c3C#N)c21. The number of benzene rings is 5. The summed E-state index contributed by atoms with van der Waals surface area (Å²) in [7, 11) is 4.10. The highest BCUT2D eigenvalue weighted by molar-refractivity contribution is 6.24. The molecular weight excluding hydrogens is 665 g/mol. The van der Waals surface area contributed by atoms with Crippen molar-refractivity contribution in [2.24, 2.45) is 14.1 Å². The Bertz CT molecular complexity index is 3230. The van der Waals surface area contributed by atoms with Crippen LogP contribution in [-0.2, 0) is 14.1 Å². The van der Waals surface area contributed by atoms with Crippen molar-refractivity contribution in [1.29, 1.82) is 10.5 Å². The van der Waals surface area contributed by atoms with Crippen LogP contribution in [0, 0.1) is 22.7 Å². The first-order valence-electron chi connectivity index (χ1n) is 17.9. The highest BCUT2D eigenvalue weighted by atomic mass is 15.2. The molecule has 54 heavy (non-hydrogen) atoms. The van der Waals surface area contributed by atoms with E-state index in [1.165, 1.54) is 0 Å². The van der Waals surface area contributed by atoms with Crippen molar-refractivity contribution >= 4 is 65.7 Å². The molecule has 0 fully saturated rings. The Morgan fingerprint density at radius 2 is 0.796 bits per heavy atom. The molecule has 0 aliphatic rings. The molecule has 6 heterocycles. The van der Waals surface area contributed by atoms with E-state index in [0.29, 0.717) is 22.5 Å². The van der Waals surface area contributed by atoms with Crippen LogP contribution in [0.15, 0.2) is 146 Å². The predicted molar refractivity (Wildman–Crippen MR) is 216 cm³/mol. The van der Waals surface area contributed by atoms with Crippen molar-refractivity contribution in [1.82, 2.24) is 27.4 Å². The van der Waals surface area contributed by atoms with E-state index >= 15 is 0 Å². The maximum absolute atomic E-state index is 11.4. The summed E-state index contributed by atoms with van der Waals surface area (Å²) in [5, 5.41) is 28.7. The second-order valence-electron chi connectivity index (χ2n) is 13.9. The second-order valence-corrected chi connectivity index (χ2v) is 13.9. The summed E-state index contributed by atoms with van der Waals surface area (Å²) in [4.78, 5) is 0. The molecule has 0 amide bonds. The van der Waals surface area contributed by atoms with Crippen LogP contribution >= 0.6 is 0 Å². The maximum atomic E-state index is 11.4. The number of aromatic nitrogens is 6. The first-order chi connectivity index (χ1) is 26.6. The van der Waals surface area contributed by atoms with Gasteiger partial charge in [-0.25, -0.2) is 0 Å². The van der Waals surface area contributed by atoms with Gasteiger partial charge in [0.2, 0.25) is 0 Å². The van der Waals surface area contributed by atoms with Crippen LogP contribution in [0.2, 0.25) is 0 Å². The summed E-state index contributed by atoms with van der Waals surface area (Å²) < 4.78 is 13.2. The minimum atomic E-state index is 0.457. The molecule has 8 nitrogen and oxygen atoms in total. The van der Waals surface area contributed by atoms with E-state index in [2.05, 4.69) is 137 Å². The van der Waals surface area contributed by atoms with Crippen molar-refractivity contribution < 1.29 is 0 Å². The van der Waals surface area contributed by atoms with Gasteiger partial charge in [-0.1, -0.05) is 72.8 Å². The van der Waals surface area contributed by atoms with Gasteiger partial charge in [0.05, 0.1) is 45.1 Å². The molecule has 254 valence electrons. The lowest BCUT2D eigenvalue weighted by Gasteiger charge is -2.19. The molecule has 11 rings (SSSR count). The third-order valence-electron chi connectivity index (χ3n) is 11.1. The fraction of sp³-hybridized carbons (Fsp3) is 0.0435. The van der Waals surface area contributed by atoms with Crippen LogP contribution in [0.1, 0.15) is 11.1 Å². The Morgan fingerprint density at radius 1 is 0.426 bits per heavy atom. The fourth-order valence-electron chi connectivity index (χ4n) is 8.86. The van der Waals surface area contributed by atoms with Gasteiger partial charge in [-0.15, -0.1) is 0 Å².